The Morgan fingerprint density at radius 3 is 2.14 bits per heavy atom. The zero-order valence-corrected chi connectivity index (χ0v) is 13.2. The molecule has 1 aromatic rings. The van der Waals surface area contributed by atoms with Crippen LogP contribution in [0.1, 0.15) is 50.7 Å². The largest absolute Gasteiger partial charge is 0.389 e. The third-order valence-corrected chi connectivity index (χ3v) is 5.11. The van der Waals surface area contributed by atoms with Crippen LogP contribution in [0.5, 0.6) is 0 Å². The number of likely N-dealkylation sites (tertiary alicyclic amines) is 1. The number of piperidine rings is 2. The van der Waals surface area contributed by atoms with Gasteiger partial charge in [0.05, 0.1) is 6.10 Å². The zero-order chi connectivity index (χ0) is 14.7. The van der Waals surface area contributed by atoms with Gasteiger partial charge in [-0.25, -0.2) is 0 Å². The number of aliphatic hydroxyl groups excluding tert-OH is 1. The lowest BCUT2D eigenvalue weighted by Gasteiger charge is -2.41. The number of rotatable bonds is 3. The van der Waals surface area contributed by atoms with E-state index in [1.54, 1.807) is 0 Å². The predicted octanol–water partition coefficient (Wildman–Crippen LogP) is 3.19. The molecule has 0 bridgehead atoms. The van der Waals surface area contributed by atoms with E-state index in [1.165, 1.54) is 50.9 Å². The lowest BCUT2D eigenvalue weighted by Crippen LogP contribution is -2.46. The Kier molecular flexibility index (Phi) is 4.81. The van der Waals surface area contributed by atoms with Gasteiger partial charge in [0, 0.05) is 24.8 Å². The molecule has 2 saturated heterocycles. The van der Waals surface area contributed by atoms with Crippen molar-refractivity contribution in [3.8, 4) is 0 Å². The monoisotopic (exact) mass is 288 g/mol. The fourth-order valence-electron chi connectivity index (χ4n) is 3.74. The fraction of sp³-hybridized carbons (Fsp3) is 0.667. The highest BCUT2D eigenvalue weighted by atomic mass is 16.3. The van der Waals surface area contributed by atoms with Gasteiger partial charge in [-0.05, 0) is 63.4 Å². The minimum absolute atomic E-state index is 0.371. The van der Waals surface area contributed by atoms with Crippen LogP contribution in [0.4, 0.5) is 5.69 Å². The first-order chi connectivity index (χ1) is 10.2. The molecule has 0 saturated carbocycles. The van der Waals surface area contributed by atoms with Gasteiger partial charge in [-0.3, -0.25) is 0 Å². The minimum atomic E-state index is -0.371. The average molecular weight is 288 g/mol. The SMILES string of the molecule is CC(O)c1ccc(N2CCC(N3CCCCC3)CC2)cc1. The maximum atomic E-state index is 9.58. The lowest BCUT2D eigenvalue weighted by molar-refractivity contribution is 0.141. The standard InChI is InChI=1S/C18H28N2O/c1-15(21)16-5-7-17(8-6-16)20-13-9-18(10-14-20)19-11-3-2-4-12-19/h5-8,15,18,21H,2-4,9-14H2,1H3. The first kappa shape index (κ1) is 14.9. The molecule has 0 amide bonds. The molecule has 1 N–H and O–H groups in total. The summed E-state index contributed by atoms with van der Waals surface area (Å²) in [5.74, 6) is 0. The Morgan fingerprint density at radius 2 is 1.57 bits per heavy atom. The van der Waals surface area contributed by atoms with E-state index in [9.17, 15) is 5.11 Å². The maximum Gasteiger partial charge on any atom is 0.0761 e. The van der Waals surface area contributed by atoms with Crippen LogP contribution >= 0.6 is 0 Å². The quantitative estimate of drug-likeness (QED) is 0.925. The second kappa shape index (κ2) is 6.80. The summed E-state index contributed by atoms with van der Waals surface area (Å²) in [6, 6.07) is 9.22. The molecule has 2 fully saturated rings. The molecule has 2 aliphatic heterocycles. The average Bonchev–Trinajstić information content (AvgIpc) is 2.56. The molecule has 3 nitrogen and oxygen atoms in total. The normalized spacial score (nSPS) is 23.2. The fourth-order valence-corrected chi connectivity index (χ4v) is 3.74. The van der Waals surface area contributed by atoms with Gasteiger partial charge < -0.3 is 14.9 Å². The number of benzene rings is 1. The Hall–Kier alpha value is -1.06. The summed E-state index contributed by atoms with van der Waals surface area (Å²) in [6.07, 6.45) is 6.41. The van der Waals surface area contributed by atoms with Gasteiger partial charge in [-0.2, -0.15) is 0 Å². The van der Waals surface area contributed by atoms with Gasteiger partial charge in [0.1, 0.15) is 0 Å². The predicted molar refractivity (Wildman–Crippen MR) is 87.7 cm³/mol. The molecule has 21 heavy (non-hydrogen) atoms. The Labute approximate surface area is 128 Å². The summed E-state index contributed by atoms with van der Waals surface area (Å²) in [4.78, 5) is 5.21. The molecule has 0 radical (unpaired) electrons. The molecule has 1 atom stereocenters. The van der Waals surface area contributed by atoms with E-state index < -0.39 is 0 Å². The van der Waals surface area contributed by atoms with Crippen molar-refractivity contribution < 1.29 is 5.11 Å². The lowest BCUT2D eigenvalue weighted by atomic mass is 9.99. The molecule has 0 aromatic heterocycles. The third kappa shape index (κ3) is 3.58. The molecule has 0 spiro atoms. The van der Waals surface area contributed by atoms with Gasteiger partial charge in [0.2, 0.25) is 0 Å². The summed E-state index contributed by atoms with van der Waals surface area (Å²) in [5.41, 5.74) is 2.30. The number of hydrogen-bond donors (Lipinski definition) is 1. The molecule has 1 unspecified atom stereocenters. The van der Waals surface area contributed by atoms with Crippen molar-refractivity contribution in [3.63, 3.8) is 0 Å². The smallest absolute Gasteiger partial charge is 0.0761 e. The number of aliphatic hydroxyl groups is 1. The van der Waals surface area contributed by atoms with Crippen LogP contribution in [-0.4, -0.2) is 42.2 Å². The molecule has 116 valence electrons. The molecule has 2 heterocycles. The van der Waals surface area contributed by atoms with Crippen molar-refractivity contribution in [2.45, 2.75) is 51.2 Å². The van der Waals surface area contributed by atoms with Crippen LogP contribution in [0.3, 0.4) is 0 Å². The second-order valence-corrected chi connectivity index (χ2v) is 6.58. The van der Waals surface area contributed by atoms with E-state index in [2.05, 4.69) is 34.1 Å². The van der Waals surface area contributed by atoms with Gasteiger partial charge in [0.25, 0.3) is 0 Å². The highest BCUT2D eigenvalue weighted by Crippen LogP contribution is 2.25. The van der Waals surface area contributed by atoms with E-state index >= 15 is 0 Å². The zero-order valence-electron chi connectivity index (χ0n) is 13.2. The van der Waals surface area contributed by atoms with E-state index in [0.29, 0.717) is 0 Å². The minimum Gasteiger partial charge on any atom is -0.389 e. The molecule has 2 aliphatic rings. The van der Waals surface area contributed by atoms with E-state index in [1.807, 2.05) is 6.92 Å². The number of hydrogen-bond acceptors (Lipinski definition) is 3. The Balaban J connectivity index is 1.55. The molecule has 0 aliphatic carbocycles. The summed E-state index contributed by atoms with van der Waals surface area (Å²) >= 11 is 0. The second-order valence-electron chi connectivity index (χ2n) is 6.58. The number of nitrogens with zero attached hydrogens (tertiary/aromatic N) is 2. The topological polar surface area (TPSA) is 26.7 Å². The van der Waals surface area contributed by atoms with Crippen LogP contribution in [0.25, 0.3) is 0 Å². The van der Waals surface area contributed by atoms with Crippen molar-refractivity contribution in [3.05, 3.63) is 29.8 Å². The van der Waals surface area contributed by atoms with Crippen molar-refractivity contribution >= 4 is 5.69 Å². The van der Waals surface area contributed by atoms with Crippen molar-refractivity contribution in [1.82, 2.24) is 4.90 Å². The van der Waals surface area contributed by atoms with Crippen LogP contribution in [-0.2, 0) is 0 Å². The van der Waals surface area contributed by atoms with Crippen LogP contribution < -0.4 is 4.90 Å². The molecule has 3 rings (SSSR count). The van der Waals surface area contributed by atoms with Crippen molar-refractivity contribution in [2.24, 2.45) is 0 Å². The van der Waals surface area contributed by atoms with Crippen molar-refractivity contribution in [2.75, 3.05) is 31.1 Å². The first-order valence-corrected chi connectivity index (χ1v) is 8.51. The van der Waals surface area contributed by atoms with Gasteiger partial charge in [0.15, 0.2) is 0 Å². The summed E-state index contributed by atoms with van der Waals surface area (Å²) in [5, 5.41) is 9.58. The Morgan fingerprint density at radius 1 is 0.952 bits per heavy atom. The van der Waals surface area contributed by atoms with E-state index in [0.717, 1.165) is 24.7 Å². The summed E-state index contributed by atoms with van der Waals surface area (Å²) < 4.78 is 0. The first-order valence-electron chi connectivity index (χ1n) is 8.51. The highest BCUT2D eigenvalue weighted by Gasteiger charge is 2.25. The number of anilines is 1. The Bertz CT molecular complexity index is 429. The summed E-state index contributed by atoms with van der Waals surface area (Å²) in [6.45, 7) is 6.77. The molecule has 1 aromatic carbocycles. The summed E-state index contributed by atoms with van der Waals surface area (Å²) in [7, 11) is 0. The maximum absolute atomic E-state index is 9.58. The molecule has 3 heteroatoms. The van der Waals surface area contributed by atoms with Crippen LogP contribution in [0.2, 0.25) is 0 Å². The highest BCUT2D eigenvalue weighted by molar-refractivity contribution is 5.48. The van der Waals surface area contributed by atoms with Gasteiger partial charge >= 0.3 is 0 Å². The van der Waals surface area contributed by atoms with Crippen LogP contribution in [0, 0.1) is 0 Å². The van der Waals surface area contributed by atoms with Gasteiger partial charge in [-0.1, -0.05) is 18.6 Å². The molecular weight excluding hydrogens is 260 g/mol. The third-order valence-electron chi connectivity index (χ3n) is 5.11. The van der Waals surface area contributed by atoms with Crippen molar-refractivity contribution in [1.29, 1.82) is 0 Å². The molecular formula is C18H28N2O. The van der Waals surface area contributed by atoms with Crippen LogP contribution in [0.15, 0.2) is 24.3 Å². The van der Waals surface area contributed by atoms with Gasteiger partial charge in [-0.15, -0.1) is 0 Å². The van der Waals surface area contributed by atoms with E-state index in [-0.39, 0.29) is 6.10 Å². The van der Waals surface area contributed by atoms with E-state index in [4.69, 9.17) is 0 Å².